The van der Waals surface area contributed by atoms with Crippen LogP contribution in [0.25, 0.3) is 0 Å². The summed E-state index contributed by atoms with van der Waals surface area (Å²) in [5.74, 6) is 0.669. The van der Waals surface area contributed by atoms with Gasteiger partial charge in [0.25, 0.3) is 5.91 Å². The quantitative estimate of drug-likeness (QED) is 0.565. The molecule has 0 unspecified atom stereocenters. The second kappa shape index (κ2) is 12.7. The molecule has 8 nitrogen and oxygen atoms in total. The minimum atomic E-state index is -0.326. The van der Waals surface area contributed by atoms with E-state index in [1.54, 1.807) is 34.2 Å². The lowest BCUT2D eigenvalue weighted by molar-refractivity contribution is -0.133. The fourth-order valence-corrected chi connectivity index (χ4v) is 4.06. The van der Waals surface area contributed by atoms with Crippen molar-refractivity contribution in [1.82, 2.24) is 14.8 Å². The number of aliphatic hydroxyl groups excluding tert-OH is 1. The molecule has 0 atom stereocenters. The van der Waals surface area contributed by atoms with Crippen molar-refractivity contribution in [2.75, 3.05) is 32.8 Å². The summed E-state index contributed by atoms with van der Waals surface area (Å²) in [6, 6.07) is 20.2. The van der Waals surface area contributed by atoms with Crippen molar-refractivity contribution in [2.45, 2.75) is 25.8 Å². The molecule has 0 spiro atoms. The van der Waals surface area contributed by atoms with Crippen molar-refractivity contribution in [3.63, 3.8) is 0 Å². The molecule has 0 radical (unpaired) electrons. The number of hydrogen-bond acceptors (Lipinski definition) is 6. The van der Waals surface area contributed by atoms with E-state index >= 15 is 0 Å². The smallest absolute Gasteiger partial charge is 0.259 e. The Hall–Kier alpha value is -3.91. The molecule has 0 bridgehead atoms. The number of para-hydroxylation sites is 2. The molecule has 1 aliphatic rings. The molecule has 2 heterocycles. The Morgan fingerprint density at radius 1 is 0.972 bits per heavy atom. The van der Waals surface area contributed by atoms with Crippen molar-refractivity contribution in [3.8, 4) is 17.4 Å². The van der Waals surface area contributed by atoms with Crippen molar-refractivity contribution in [2.24, 2.45) is 0 Å². The summed E-state index contributed by atoms with van der Waals surface area (Å²) in [5, 5.41) is 9.56. The van der Waals surface area contributed by atoms with Crippen LogP contribution in [-0.2, 0) is 11.3 Å². The van der Waals surface area contributed by atoms with Crippen LogP contribution in [0.5, 0.6) is 17.4 Å². The van der Waals surface area contributed by atoms with Gasteiger partial charge in [0, 0.05) is 25.8 Å². The lowest BCUT2D eigenvalue weighted by Crippen LogP contribution is -2.44. The summed E-state index contributed by atoms with van der Waals surface area (Å²) in [6.07, 6.45) is 3.93. The first-order valence-corrected chi connectivity index (χ1v) is 12.2. The molecule has 1 aromatic heterocycles. The highest BCUT2D eigenvalue weighted by Gasteiger charge is 2.26. The van der Waals surface area contributed by atoms with E-state index in [0.717, 1.165) is 24.8 Å². The molecule has 0 saturated heterocycles. The molecular weight excluding hydrogens is 458 g/mol. The number of aliphatic hydroxyl groups is 1. The maximum absolute atomic E-state index is 13.7. The van der Waals surface area contributed by atoms with Crippen LogP contribution in [0.4, 0.5) is 0 Å². The fourth-order valence-electron chi connectivity index (χ4n) is 4.06. The van der Waals surface area contributed by atoms with E-state index in [0.29, 0.717) is 31.2 Å². The minimum Gasteiger partial charge on any atom is -0.490 e. The molecule has 1 N–H and O–H groups in total. The first kappa shape index (κ1) is 25.2. The summed E-state index contributed by atoms with van der Waals surface area (Å²) < 4.78 is 11.9. The maximum atomic E-state index is 13.7. The average molecular weight is 490 g/mol. The normalized spacial score (nSPS) is 14.1. The highest BCUT2D eigenvalue weighted by atomic mass is 16.5. The number of nitrogens with zero attached hydrogens (tertiary/aromatic N) is 3. The van der Waals surface area contributed by atoms with Gasteiger partial charge in [0.15, 0.2) is 11.5 Å². The van der Waals surface area contributed by atoms with Crippen LogP contribution >= 0.6 is 0 Å². The fraction of sp³-hybridized carbons (Fsp3) is 0.321. The zero-order valence-electron chi connectivity index (χ0n) is 20.2. The molecule has 0 aliphatic carbocycles. The van der Waals surface area contributed by atoms with Gasteiger partial charge < -0.3 is 24.4 Å². The van der Waals surface area contributed by atoms with Crippen molar-refractivity contribution in [3.05, 3.63) is 84.1 Å². The third kappa shape index (κ3) is 6.60. The van der Waals surface area contributed by atoms with Crippen LogP contribution in [0, 0.1) is 0 Å². The molecule has 0 saturated carbocycles. The Kier molecular flexibility index (Phi) is 8.88. The zero-order valence-corrected chi connectivity index (χ0v) is 20.2. The molecule has 2 amide bonds. The van der Waals surface area contributed by atoms with Crippen molar-refractivity contribution in [1.29, 1.82) is 0 Å². The number of hydrogen-bond donors (Lipinski definition) is 1. The number of carbonyl (C=O) groups excluding carboxylic acids is 2. The molecule has 8 heteroatoms. The van der Waals surface area contributed by atoms with Crippen LogP contribution in [0.2, 0.25) is 0 Å². The van der Waals surface area contributed by atoms with E-state index in [1.165, 1.54) is 0 Å². The van der Waals surface area contributed by atoms with Crippen LogP contribution in [0.3, 0.4) is 0 Å². The van der Waals surface area contributed by atoms with Gasteiger partial charge in [-0.25, -0.2) is 4.98 Å². The largest absolute Gasteiger partial charge is 0.490 e. The van der Waals surface area contributed by atoms with Crippen LogP contribution in [-0.4, -0.2) is 64.6 Å². The minimum absolute atomic E-state index is 0.104. The van der Waals surface area contributed by atoms with Crippen LogP contribution in [0.1, 0.15) is 35.2 Å². The average Bonchev–Trinajstić information content (AvgIpc) is 2.91. The van der Waals surface area contributed by atoms with Gasteiger partial charge in [-0.05, 0) is 49.1 Å². The van der Waals surface area contributed by atoms with Crippen LogP contribution < -0.4 is 9.47 Å². The first-order valence-electron chi connectivity index (χ1n) is 12.2. The number of aromatic nitrogens is 1. The Labute approximate surface area is 211 Å². The van der Waals surface area contributed by atoms with Gasteiger partial charge in [-0.3, -0.25) is 9.59 Å². The van der Waals surface area contributed by atoms with Gasteiger partial charge in [-0.15, -0.1) is 0 Å². The number of ether oxygens (including phenoxy) is 2. The number of amides is 2. The highest BCUT2D eigenvalue weighted by molar-refractivity contribution is 5.98. The molecule has 0 fully saturated rings. The maximum Gasteiger partial charge on any atom is 0.259 e. The molecular formula is C28H31N3O5. The number of fused-ring (bicyclic) bond motifs is 2. The zero-order chi connectivity index (χ0) is 25.2. The Balaban J connectivity index is 1.58. The number of pyridine rings is 1. The molecule has 2 aromatic carbocycles. The van der Waals surface area contributed by atoms with E-state index in [2.05, 4.69) is 4.98 Å². The van der Waals surface area contributed by atoms with Crippen LogP contribution in [0.15, 0.2) is 72.9 Å². The molecule has 3 aromatic rings. The van der Waals surface area contributed by atoms with E-state index in [1.807, 2.05) is 48.5 Å². The van der Waals surface area contributed by atoms with Gasteiger partial charge in [-0.1, -0.05) is 42.5 Å². The first-order chi connectivity index (χ1) is 17.7. The van der Waals surface area contributed by atoms with E-state index in [-0.39, 0.29) is 43.0 Å². The topological polar surface area (TPSA) is 92.2 Å². The van der Waals surface area contributed by atoms with E-state index in [4.69, 9.17) is 9.47 Å². The van der Waals surface area contributed by atoms with Crippen molar-refractivity contribution < 1.29 is 24.2 Å². The van der Waals surface area contributed by atoms with Gasteiger partial charge in [0.2, 0.25) is 11.8 Å². The van der Waals surface area contributed by atoms with Crippen molar-refractivity contribution >= 4 is 11.8 Å². The highest BCUT2D eigenvalue weighted by Crippen LogP contribution is 2.32. The second-order valence-corrected chi connectivity index (χ2v) is 8.57. The summed E-state index contributed by atoms with van der Waals surface area (Å²) in [5.41, 5.74) is 1.23. The Morgan fingerprint density at radius 3 is 2.56 bits per heavy atom. The molecule has 36 heavy (non-hydrogen) atoms. The second-order valence-electron chi connectivity index (χ2n) is 8.57. The van der Waals surface area contributed by atoms with Gasteiger partial charge in [0.05, 0.1) is 13.2 Å². The lowest BCUT2D eigenvalue weighted by Gasteiger charge is -2.28. The van der Waals surface area contributed by atoms with Gasteiger partial charge in [0.1, 0.15) is 12.1 Å². The summed E-state index contributed by atoms with van der Waals surface area (Å²) in [7, 11) is 0. The number of benzene rings is 2. The summed E-state index contributed by atoms with van der Waals surface area (Å²) in [6.45, 7) is 1.20. The third-order valence-corrected chi connectivity index (χ3v) is 5.94. The van der Waals surface area contributed by atoms with E-state index < -0.39 is 0 Å². The Morgan fingerprint density at radius 2 is 1.75 bits per heavy atom. The van der Waals surface area contributed by atoms with Gasteiger partial charge >= 0.3 is 0 Å². The number of rotatable bonds is 6. The third-order valence-electron chi connectivity index (χ3n) is 5.94. The standard InChI is InChI=1S/C28H31N3O5/c32-18-17-30(20-22-10-3-1-4-11-22)26(33)21-31-16-7-2-8-19-35-24-13-5-6-14-25(24)36-27-23(28(31)34)12-9-15-29-27/h1,3-6,9-15,32H,2,7-8,16-21H2. The summed E-state index contributed by atoms with van der Waals surface area (Å²) in [4.78, 5) is 34.4. The number of carbonyl (C=O) groups is 2. The lowest BCUT2D eigenvalue weighted by atomic mass is 10.2. The predicted octanol–water partition coefficient (Wildman–Crippen LogP) is 3.90. The summed E-state index contributed by atoms with van der Waals surface area (Å²) >= 11 is 0. The molecule has 1 aliphatic heterocycles. The van der Waals surface area contributed by atoms with E-state index in [9.17, 15) is 14.7 Å². The SMILES string of the molecule is O=C(CN1CCCCCOc2ccccc2Oc2ncccc2C1=O)N(CCO)Cc1ccccc1. The predicted molar refractivity (Wildman–Crippen MR) is 135 cm³/mol. The van der Waals surface area contributed by atoms with Gasteiger partial charge in [-0.2, -0.15) is 0 Å². The Bertz CT molecular complexity index is 1150. The molecule has 188 valence electrons. The molecule has 4 rings (SSSR count). The monoisotopic (exact) mass is 489 g/mol.